The standard InChI is InChI=1S/C9H15BrO2/c1-7(4-3-5-11)9(12)8(2)6-10/h4,6,9,11-12H,3,5H2,1-2H3/b7-4-,8-6+/t9-/m0/s1. The zero-order chi connectivity index (χ0) is 9.56. The lowest BCUT2D eigenvalue weighted by molar-refractivity contribution is 0.245. The number of rotatable bonds is 4. The van der Waals surface area contributed by atoms with Crippen molar-refractivity contribution in [2.24, 2.45) is 0 Å². The van der Waals surface area contributed by atoms with Crippen LogP contribution in [0.3, 0.4) is 0 Å². The smallest absolute Gasteiger partial charge is 0.0963 e. The van der Waals surface area contributed by atoms with Gasteiger partial charge in [-0.15, -0.1) is 0 Å². The van der Waals surface area contributed by atoms with Gasteiger partial charge in [0.1, 0.15) is 0 Å². The Morgan fingerprint density at radius 2 is 2.00 bits per heavy atom. The van der Waals surface area contributed by atoms with Gasteiger partial charge in [0, 0.05) is 6.61 Å². The molecule has 0 unspecified atom stereocenters. The second-order valence-electron chi connectivity index (χ2n) is 2.72. The van der Waals surface area contributed by atoms with Gasteiger partial charge in [0.05, 0.1) is 6.10 Å². The Balaban J connectivity index is 4.18. The lowest BCUT2D eigenvalue weighted by Gasteiger charge is -2.10. The van der Waals surface area contributed by atoms with Gasteiger partial charge in [-0.25, -0.2) is 0 Å². The molecule has 0 bridgehead atoms. The molecular formula is C9H15BrO2. The van der Waals surface area contributed by atoms with E-state index in [-0.39, 0.29) is 6.61 Å². The van der Waals surface area contributed by atoms with Crippen LogP contribution < -0.4 is 0 Å². The number of aliphatic hydroxyl groups is 2. The molecule has 0 aliphatic rings. The van der Waals surface area contributed by atoms with E-state index in [4.69, 9.17) is 5.11 Å². The van der Waals surface area contributed by atoms with Crippen LogP contribution in [-0.4, -0.2) is 22.9 Å². The minimum absolute atomic E-state index is 0.126. The first-order chi connectivity index (χ1) is 5.63. The quantitative estimate of drug-likeness (QED) is 0.731. The van der Waals surface area contributed by atoms with E-state index >= 15 is 0 Å². The molecule has 70 valence electrons. The lowest BCUT2D eigenvalue weighted by Crippen LogP contribution is -2.09. The minimum atomic E-state index is -0.532. The van der Waals surface area contributed by atoms with E-state index in [1.165, 1.54) is 0 Å². The van der Waals surface area contributed by atoms with Crippen LogP contribution in [0.4, 0.5) is 0 Å². The van der Waals surface area contributed by atoms with Gasteiger partial charge in [-0.05, 0) is 36.4 Å². The van der Waals surface area contributed by atoms with Crippen molar-refractivity contribution < 1.29 is 10.2 Å². The molecule has 0 aromatic heterocycles. The molecule has 0 saturated heterocycles. The molecular weight excluding hydrogens is 220 g/mol. The van der Waals surface area contributed by atoms with Crippen molar-refractivity contribution in [1.82, 2.24) is 0 Å². The van der Waals surface area contributed by atoms with Crippen molar-refractivity contribution >= 4 is 15.9 Å². The molecule has 0 spiro atoms. The number of hydrogen-bond acceptors (Lipinski definition) is 2. The highest BCUT2D eigenvalue weighted by molar-refractivity contribution is 9.11. The molecule has 2 nitrogen and oxygen atoms in total. The molecule has 0 radical (unpaired) electrons. The van der Waals surface area contributed by atoms with Crippen LogP contribution >= 0.6 is 15.9 Å². The first-order valence-electron chi connectivity index (χ1n) is 3.86. The number of halogens is 1. The highest BCUT2D eigenvalue weighted by atomic mass is 79.9. The second kappa shape index (κ2) is 6.40. The molecule has 0 rings (SSSR count). The fourth-order valence-corrected chi connectivity index (χ4v) is 1.07. The van der Waals surface area contributed by atoms with E-state index in [1.807, 2.05) is 19.9 Å². The largest absolute Gasteiger partial charge is 0.396 e. The van der Waals surface area contributed by atoms with E-state index in [0.717, 1.165) is 11.1 Å². The minimum Gasteiger partial charge on any atom is -0.396 e. The molecule has 0 aliphatic heterocycles. The van der Waals surface area contributed by atoms with Crippen molar-refractivity contribution in [2.75, 3.05) is 6.61 Å². The Bertz CT molecular complexity index is 185. The first kappa shape index (κ1) is 11.9. The second-order valence-corrected chi connectivity index (χ2v) is 3.17. The zero-order valence-electron chi connectivity index (χ0n) is 7.42. The summed E-state index contributed by atoms with van der Waals surface area (Å²) in [6.07, 6.45) is 1.90. The van der Waals surface area contributed by atoms with Crippen LogP contribution in [0.1, 0.15) is 20.3 Å². The summed E-state index contributed by atoms with van der Waals surface area (Å²) in [6, 6.07) is 0. The van der Waals surface area contributed by atoms with E-state index in [1.54, 1.807) is 4.99 Å². The summed E-state index contributed by atoms with van der Waals surface area (Å²) in [6.45, 7) is 3.82. The number of hydrogen-bond donors (Lipinski definition) is 2. The molecule has 0 heterocycles. The Kier molecular flexibility index (Phi) is 6.34. The van der Waals surface area contributed by atoms with Gasteiger partial charge >= 0.3 is 0 Å². The predicted molar refractivity (Wildman–Crippen MR) is 54.2 cm³/mol. The molecule has 0 fully saturated rings. The third-order valence-corrected chi connectivity index (χ3v) is 2.35. The SMILES string of the molecule is C/C(=C/CCO)[C@H](O)/C(C)=C/Br. The lowest BCUT2D eigenvalue weighted by atomic mass is 10.1. The Hall–Kier alpha value is -0.120. The summed E-state index contributed by atoms with van der Waals surface area (Å²) in [5.41, 5.74) is 1.74. The summed E-state index contributed by atoms with van der Waals surface area (Å²) in [7, 11) is 0. The summed E-state index contributed by atoms with van der Waals surface area (Å²) in [4.78, 5) is 1.70. The van der Waals surface area contributed by atoms with Crippen LogP contribution in [0, 0.1) is 0 Å². The average Bonchev–Trinajstić information content (AvgIpc) is 2.11. The van der Waals surface area contributed by atoms with Crippen LogP contribution in [0.25, 0.3) is 0 Å². The fourth-order valence-electron chi connectivity index (χ4n) is 0.823. The van der Waals surface area contributed by atoms with Gasteiger partial charge in [-0.2, -0.15) is 0 Å². The van der Waals surface area contributed by atoms with Crippen LogP contribution in [0.2, 0.25) is 0 Å². The normalized spacial score (nSPS) is 16.4. The highest BCUT2D eigenvalue weighted by Crippen LogP contribution is 2.12. The maximum atomic E-state index is 9.56. The molecule has 12 heavy (non-hydrogen) atoms. The maximum Gasteiger partial charge on any atom is 0.0963 e. The van der Waals surface area contributed by atoms with E-state index < -0.39 is 6.10 Å². The molecule has 0 amide bonds. The molecule has 3 heteroatoms. The van der Waals surface area contributed by atoms with Gasteiger partial charge in [0.2, 0.25) is 0 Å². The van der Waals surface area contributed by atoms with Crippen molar-refractivity contribution in [2.45, 2.75) is 26.4 Å². The van der Waals surface area contributed by atoms with Crippen molar-refractivity contribution in [3.05, 3.63) is 22.2 Å². The van der Waals surface area contributed by atoms with Crippen molar-refractivity contribution in [3.8, 4) is 0 Å². The van der Waals surface area contributed by atoms with E-state index in [0.29, 0.717) is 6.42 Å². The summed E-state index contributed by atoms with van der Waals surface area (Å²) < 4.78 is 0. The Morgan fingerprint density at radius 1 is 1.42 bits per heavy atom. The Labute approximate surface area is 81.7 Å². The van der Waals surface area contributed by atoms with E-state index in [2.05, 4.69) is 15.9 Å². The third kappa shape index (κ3) is 4.04. The summed E-state index contributed by atoms with van der Waals surface area (Å²) in [5.74, 6) is 0. The fraction of sp³-hybridized carbons (Fsp3) is 0.556. The first-order valence-corrected chi connectivity index (χ1v) is 4.77. The van der Waals surface area contributed by atoms with Crippen LogP contribution in [0.5, 0.6) is 0 Å². The maximum absolute atomic E-state index is 9.56. The predicted octanol–water partition coefficient (Wildman–Crippen LogP) is 1.97. The molecule has 1 atom stereocenters. The monoisotopic (exact) mass is 234 g/mol. The third-order valence-electron chi connectivity index (χ3n) is 1.63. The van der Waals surface area contributed by atoms with Gasteiger partial charge in [0.25, 0.3) is 0 Å². The molecule has 0 saturated carbocycles. The molecule has 2 N–H and O–H groups in total. The van der Waals surface area contributed by atoms with Crippen molar-refractivity contribution in [1.29, 1.82) is 0 Å². The summed E-state index contributed by atoms with van der Waals surface area (Å²) >= 11 is 3.15. The highest BCUT2D eigenvalue weighted by Gasteiger charge is 2.06. The zero-order valence-corrected chi connectivity index (χ0v) is 9.00. The average molecular weight is 235 g/mol. The summed E-state index contributed by atoms with van der Waals surface area (Å²) in [5, 5.41) is 18.1. The van der Waals surface area contributed by atoms with Crippen LogP contribution in [-0.2, 0) is 0 Å². The van der Waals surface area contributed by atoms with Crippen LogP contribution in [0.15, 0.2) is 22.2 Å². The van der Waals surface area contributed by atoms with Gasteiger partial charge in [-0.1, -0.05) is 22.0 Å². The van der Waals surface area contributed by atoms with Gasteiger partial charge < -0.3 is 10.2 Å². The van der Waals surface area contributed by atoms with E-state index in [9.17, 15) is 5.11 Å². The Morgan fingerprint density at radius 3 is 2.42 bits per heavy atom. The topological polar surface area (TPSA) is 40.5 Å². The molecule has 0 aromatic rings. The number of aliphatic hydroxyl groups excluding tert-OH is 2. The molecule has 0 aromatic carbocycles. The van der Waals surface area contributed by atoms with Crippen molar-refractivity contribution in [3.63, 3.8) is 0 Å². The molecule has 0 aliphatic carbocycles. The van der Waals surface area contributed by atoms with Gasteiger partial charge in [-0.3, -0.25) is 0 Å². The van der Waals surface area contributed by atoms with Gasteiger partial charge in [0.15, 0.2) is 0 Å².